The van der Waals surface area contributed by atoms with Gasteiger partial charge in [-0.05, 0) is 51.4 Å². The SMILES string of the molecule is CCOC(C)C(C)COC(=O)C(C(OCC)OCC)(C(C)(C)CC)C(C)(C)CC. The minimum atomic E-state index is -0.954. The number of carbonyl (C=O) groups is 1. The first-order valence-electron chi connectivity index (χ1n) is 11.4. The number of hydrogen-bond acceptors (Lipinski definition) is 5. The fourth-order valence-electron chi connectivity index (χ4n) is 4.25. The summed E-state index contributed by atoms with van der Waals surface area (Å²) in [6.45, 7) is 24.5. The zero-order chi connectivity index (χ0) is 22.9. The third-order valence-electron chi connectivity index (χ3n) is 6.92. The summed E-state index contributed by atoms with van der Waals surface area (Å²) >= 11 is 0. The molecule has 0 N–H and O–H groups in total. The Balaban J connectivity index is 6.27. The first-order valence-corrected chi connectivity index (χ1v) is 11.4. The van der Waals surface area contributed by atoms with Gasteiger partial charge in [-0.25, -0.2) is 0 Å². The lowest BCUT2D eigenvalue weighted by molar-refractivity contribution is -0.273. The normalized spacial score (nSPS) is 15.4. The average molecular weight is 417 g/mol. The molecule has 29 heavy (non-hydrogen) atoms. The van der Waals surface area contributed by atoms with Gasteiger partial charge in [0.1, 0.15) is 5.41 Å². The molecule has 2 unspecified atom stereocenters. The van der Waals surface area contributed by atoms with E-state index in [0.29, 0.717) is 26.4 Å². The van der Waals surface area contributed by atoms with E-state index in [1.165, 1.54) is 0 Å². The van der Waals surface area contributed by atoms with Gasteiger partial charge in [0, 0.05) is 25.7 Å². The van der Waals surface area contributed by atoms with Crippen molar-refractivity contribution in [2.24, 2.45) is 22.2 Å². The van der Waals surface area contributed by atoms with E-state index in [9.17, 15) is 4.79 Å². The first kappa shape index (κ1) is 28.4. The third kappa shape index (κ3) is 6.18. The number of rotatable bonds is 15. The van der Waals surface area contributed by atoms with Crippen molar-refractivity contribution in [3.05, 3.63) is 0 Å². The molecular weight excluding hydrogens is 368 g/mol. The Morgan fingerprint density at radius 1 is 0.759 bits per heavy atom. The molecule has 0 aromatic heterocycles. The minimum absolute atomic E-state index is 0.0233. The Bertz CT molecular complexity index is 450. The fraction of sp³-hybridized carbons (Fsp3) is 0.958. The average Bonchev–Trinajstić information content (AvgIpc) is 2.66. The van der Waals surface area contributed by atoms with Crippen LogP contribution < -0.4 is 0 Å². The van der Waals surface area contributed by atoms with Crippen LogP contribution in [0.3, 0.4) is 0 Å². The van der Waals surface area contributed by atoms with Crippen LogP contribution >= 0.6 is 0 Å². The molecule has 0 heterocycles. The molecule has 0 aromatic carbocycles. The van der Waals surface area contributed by atoms with Crippen molar-refractivity contribution in [1.82, 2.24) is 0 Å². The summed E-state index contributed by atoms with van der Waals surface area (Å²) in [5.74, 6) is -0.137. The van der Waals surface area contributed by atoms with Crippen LogP contribution in [0.25, 0.3) is 0 Å². The van der Waals surface area contributed by atoms with Crippen LogP contribution in [-0.2, 0) is 23.7 Å². The number of carbonyl (C=O) groups excluding carboxylic acids is 1. The van der Waals surface area contributed by atoms with Crippen LogP contribution in [0.2, 0.25) is 0 Å². The summed E-state index contributed by atoms with van der Waals surface area (Å²) in [5, 5.41) is 0. The molecule has 0 aliphatic rings. The van der Waals surface area contributed by atoms with E-state index >= 15 is 0 Å². The second-order valence-corrected chi connectivity index (χ2v) is 9.26. The standard InChI is InChI=1S/C24H48O5/c1-12-22(8,9)24(23(10,11)13-2,21(27-15-4)28-16-5)20(25)29-17-18(6)19(7)26-14-3/h18-19,21H,12-17H2,1-11H3. The predicted octanol–water partition coefficient (Wildman–Crippen LogP) is 5.85. The Hall–Kier alpha value is -0.650. The van der Waals surface area contributed by atoms with Gasteiger partial charge in [0.2, 0.25) is 0 Å². The van der Waals surface area contributed by atoms with E-state index in [2.05, 4.69) is 41.5 Å². The molecule has 0 aromatic rings. The van der Waals surface area contributed by atoms with Crippen molar-refractivity contribution in [2.75, 3.05) is 26.4 Å². The van der Waals surface area contributed by atoms with Crippen molar-refractivity contribution in [3.63, 3.8) is 0 Å². The van der Waals surface area contributed by atoms with Gasteiger partial charge in [-0.2, -0.15) is 0 Å². The van der Waals surface area contributed by atoms with Crippen LogP contribution in [0.5, 0.6) is 0 Å². The van der Waals surface area contributed by atoms with Crippen LogP contribution in [0.4, 0.5) is 0 Å². The molecule has 0 bridgehead atoms. The van der Waals surface area contributed by atoms with Gasteiger partial charge in [-0.1, -0.05) is 48.5 Å². The van der Waals surface area contributed by atoms with Crippen molar-refractivity contribution in [3.8, 4) is 0 Å². The van der Waals surface area contributed by atoms with Crippen molar-refractivity contribution in [2.45, 2.75) is 101 Å². The van der Waals surface area contributed by atoms with Gasteiger partial charge >= 0.3 is 5.97 Å². The van der Waals surface area contributed by atoms with E-state index in [0.717, 1.165) is 12.8 Å². The quantitative estimate of drug-likeness (QED) is 0.248. The maximum absolute atomic E-state index is 13.9. The third-order valence-corrected chi connectivity index (χ3v) is 6.92. The summed E-state index contributed by atoms with van der Waals surface area (Å²) in [6, 6.07) is 0. The molecule has 0 aliphatic heterocycles. The summed E-state index contributed by atoms with van der Waals surface area (Å²) in [4.78, 5) is 13.9. The zero-order valence-electron chi connectivity index (χ0n) is 21.0. The maximum Gasteiger partial charge on any atom is 0.318 e. The highest BCUT2D eigenvalue weighted by Crippen LogP contribution is 2.59. The lowest BCUT2D eigenvalue weighted by atomic mass is 9.50. The van der Waals surface area contributed by atoms with Crippen molar-refractivity contribution >= 4 is 5.97 Å². The maximum atomic E-state index is 13.9. The second kappa shape index (κ2) is 12.3. The topological polar surface area (TPSA) is 54.0 Å². The molecule has 5 heteroatoms. The van der Waals surface area contributed by atoms with Crippen LogP contribution in [0.1, 0.15) is 89.0 Å². The number of ether oxygens (including phenoxy) is 4. The Kier molecular flexibility index (Phi) is 12.0. The Morgan fingerprint density at radius 3 is 1.52 bits per heavy atom. The van der Waals surface area contributed by atoms with Crippen molar-refractivity contribution < 1.29 is 23.7 Å². The zero-order valence-corrected chi connectivity index (χ0v) is 21.0. The molecule has 0 saturated heterocycles. The lowest BCUT2D eigenvalue weighted by Gasteiger charge is -2.56. The Labute approximate surface area is 180 Å². The molecule has 0 aliphatic carbocycles. The molecule has 2 atom stereocenters. The van der Waals surface area contributed by atoms with E-state index in [-0.39, 0.29) is 18.0 Å². The van der Waals surface area contributed by atoms with E-state index in [1.54, 1.807) is 0 Å². The van der Waals surface area contributed by atoms with Crippen LogP contribution in [-0.4, -0.2) is 44.8 Å². The summed E-state index contributed by atoms with van der Waals surface area (Å²) < 4.78 is 23.9. The highest BCUT2D eigenvalue weighted by atomic mass is 16.7. The summed E-state index contributed by atoms with van der Waals surface area (Å²) in [5.41, 5.74) is -1.75. The first-order chi connectivity index (χ1) is 13.4. The van der Waals surface area contributed by atoms with E-state index in [4.69, 9.17) is 18.9 Å². The molecule has 0 spiro atoms. The molecule has 0 rings (SSSR count). The van der Waals surface area contributed by atoms with Crippen molar-refractivity contribution in [1.29, 1.82) is 0 Å². The predicted molar refractivity (Wildman–Crippen MR) is 119 cm³/mol. The second-order valence-electron chi connectivity index (χ2n) is 9.26. The van der Waals surface area contributed by atoms with Crippen LogP contribution in [0, 0.1) is 22.2 Å². The van der Waals surface area contributed by atoms with E-state index in [1.807, 2.05) is 34.6 Å². The molecule has 0 fully saturated rings. The molecule has 0 saturated carbocycles. The van der Waals surface area contributed by atoms with Gasteiger partial charge in [0.25, 0.3) is 0 Å². The van der Waals surface area contributed by atoms with Gasteiger partial charge < -0.3 is 18.9 Å². The largest absolute Gasteiger partial charge is 0.465 e. The fourth-order valence-corrected chi connectivity index (χ4v) is 4.25. The minimum Gasteiger partial charge on any atom is -0.465 e. The molecule has 0 amide bonds. The highest BCUT2D eigenvalue weighted by molar-refractivity contribution is 5.79. The van der Waals surface area contributed by atoms with Crippen LogP contribution in [0.15, 0.2) is 0 Å². The summed E-state index contributed by atoms with van der Waals surface area (Å²) in [6.07, 6.45) is 0.949. The van der Waals surface area contributed by atoms with E-state index < -0.39 is 22.5 Å². The summed E-state index contributed by atoms with van der Waals surface area (Å²) in [7, 11) is 0. The molecule has 5 nitrogen and oxygen atoms in total. The van der Waals surface area contributed by atoms with Gasteiger partial charge in [-0.15, -0.1) is 0 Å². The number of esters is 1. The van der Waals surface area contributed by atoms with Gasteiger partial charge in [0.05, 0.1) is 12.7 Å². The number of hydrogen-bond donors (Lipinski definition) is 0. The Morgan fingerprint density at radius 2 is 1.17 bits per heavy atom. The van der Waals surface area contributed by atoms with Gasteiger partial charge in [0.15, 0.2) is 6.29 Å². The molecule has 174 valence electrons. The molecule has 0 radical (unpaired) electrons. The highest BCUT2D eigenvalue weighted by Gasteiger charge is 2.65. The van der Waals surface area contributed by atoms with Gasteiger partial charge in [-0.3, -0.25) is 4.79 Å². The monoisotopic (exact) mass is 416 g/mol. The lowest BCUT2D eigenvalue weighted by Crippen LogP contribution is -2.63. The smallest absolute Gasteiger partial charge is 0.318 e. The molecular formula is C24H48O5.